The van der Waals surface area contributed by atoms with Crippen LogP contribution in [-0.4, -0.2) is 26.1 Å². The van der Waals surface area contributed by atoms with E-state index >= 15 is 0 Å². The van der Waals surface area contributed by atoms with Crippen molar-refractivity contribution in [3.8, 4) is 16.9 Å². The molecule has 0 saturated carbocycles. The molecule has 1 heterocycles. The summed E-state index contributed by atoms with van der Waals surface area (Å²) in [5.74, 6) is -3.95. The van der Waals surface area contributed by atoms with Gasteiger partial charge in [-0.05, 0) is 24.3 Å². The molecule has 0 spiro atoms. The lowest BCUT2D eigenvalue weighted by molar-refractivity contribution is 0.0688. The summed E-state index contributed by atoms with van der Waals surface area (Å²) < 4.78 is 41.3. The molecular weight excluding hydrogens is 311 g/mol. The Kier molecular flexibility index (Phi) is 3.57. The van der Waals surface area contributed by atoms with Gasteiger partial charge in [0.1, 0.15) is 23.1 Å². The summed E-state index contributed by atoms with van der Waals surface area (Å²) in [6.07, 6.45) is 0. The molecule has 1 N–H and O–H groups in total. The summed E-state index contributed by atoms with van der Waals surface area (Å²) >= 11 is 0. The number of nitrogens with zero attached hydrogens (tertiary/aromatic N) is 3. The van der Waals surface area contributed by atoms with Crippen LogP contribution < -0.4 is 0 Å². The van der Waals surface area contributed by atoms with Crippen molar-refractivity contribution < 1.29 is 23.1 Å². The molecule has 3 rings (SSSR count). The van der Waals surface area contributed by atoms with E-state index in [2.05, 4.69) is 10.3 Å². The summed E-state index contributed by atoms with van der Waals surface area (Å²) in [5, 5.41) is 16.6. The van der Waals surface area contributed by atoms with Crippen molar-refractivity contribution in [3.63, 3.8) is 0 Å². The third kappa shape index (κ3) is 2.66. The molecule has 0 atom stereocenters. The first-order valence-electron chi connectivity index (χ1n) is 6.37. The maximum Gasteiger partial charge on any atom is 0.357 e. The van der Waals surface area contributed by atoms with Crippen LogP contribution in [0.15, 0.2) is 42.5 Å². The standard InChI is InChI=1S/C15H8F3N3O2/c16-8-5-9(17)7-10(6-8)21-14(15(22)23)13(19-20-21)11-3-1-2-4-12(11)18/h1-7H,(H,22,23). The van der Waals surface area contributed by atoms with Gasteiger partial charge in [0.05, 0.1) is 5.69 Å². The average Bonchev–Trinajstić information content (AvgIpc) is 2.91. The Morgan fingerprint density at radius 2 is 1.70 bits per heavy atom. The predicted octanol–water partition coefficient (Wildman–Crippen LogP) is 3.05. The number of aromatic carboxylic acids is 1. The van der Waals surface area contributed by atoms with Crippen molar-refractivity contribution in [3.05, 3.63) is 65.6 Å². The molecule has 116 valence electrons. The molecule has 0 amide bonds. The van der Waals surface area contributed by atoms with E-state index in [4.69, 9.17) is 0 Å². The lowest BCUT2D eigenvalue weighted by Gasteiger charge is -2.05. The van der Waals surface area contributed by atoms with E-state index in [-0.39, 0.29) is 16.9 Å². The van der Waals surface area contributed by atoms with Gasteiger partial charge in [0.25, 0.3) is 0 Å². The number of hydrogen-bond acceptors (Lipinski definition) is 3. The van der Waals surface area contributed by atoms with Crippen molar-refractivity contribution in [2.24, 2.45) is 0 Å². The number of benzene rings is 2. The molecule has 1 aromatic heterocycles. The van der Waals surface area contributed by atoms with E-state index in [1.165, 1.54) is 18.2 Å². The maximum atomic E-state index is 13.9. The zero-order valence-electron chi connectivity index (χ0n) is 11.4. The van der Waals surface area contributed by atoms with E-state index in [0.29, 0.717) is 6.07 Å². The molecule has 0 aliphatic heterocycles. The van der Waals surface area contributed by atoms with E-state index in [1.54, 1.807) is 0 Å². The van der Waals surface area contributed by atoms with Gasteiger partial charge in [0, 0.05) is 11.6 Å². The van der Waals surface area contributed by atoms with E-state index in [1.807, 2.05) is 0 Å². The largest absolute Gasteiger partial charge is 0.476 e. The molecule has 0 radical (unpaired) electrons. The monoisotopic (exact) mass is 319 g/mol. The van der Waals surface area contributed by atoms with Gasteiger partial charge in [-0.25, -0.2) is 22.6 Å². The van der Waals surface area contributed by atoms with Crippen molar-refractivity contribution in [1.82, 2.24) is 15.0 Å². The van der Waals surface area contributed by atoms with Crippen LogP contribution in [0, 0.1) is 17.5 Å². The fraction of sp³-hybridized carbons (Fsp3) is 0. The number of carboxylic acid groups (broad SMARTS) is 1. The highest BCUT2D eigenvalue weighted by molar-refractivity contribution is 5.93. The van der Waals surface area contributed by atoms with Gasteiger partial charge in [0.2, 0.25) is 0 Å². The second-order valence-corrected chi connectivity index (χ2v) is 4.61. The van der Waals surface area contributed by atoms with Crippen LogP contribution >= 0.6 is 0 Å². The third-order valence-electron chi connectivity index (χ3n) is 3.09. The van der Waals surface area contributed by atoms with Crippen LogP contribution in [0.3, 0.4) is 0 Å². The Hall–Kier alpha value is -3.16. The van der Waals surface area contributed by atoms with Gasteiger partial charge < -0.3 is 5.11 Å². The van der Waals surface area contributed by atoms with E-state index < -0.39 is 29.1 Å². The van der Waals surface area contributed by atoms with Crippen LogP contribution in [0.25, 0.3) is 16.9 Å². The SMILES string of the molecule is O=C(O)c1c(-c2ccccc2F)nnn1-c1cc(F)cc(F)c1. The Balaban J connectivity index is 2.25. The molecule has 5 nitrogen and oxygen atoms in total. The number of hydrogen-bond donors (Lipinski definition) is 1. The summed E-state index contributed by atoms with van der Waals surface area (Å²) in [4.78, 5) is 11.5. The molecular formula is C15H8F3N3O2. The van der Waals surface area contributed by atoms with Gasteiger partial charge in [-0.15, -0.1) is 5.10 Å². The summed E-state index contributed by atoms with van der Waals surface area (Å²) in [7, 11) is 0. The Morgan fingerprint density at radius 1 is 1.04 bits per heavy atom. The predicted molar refractivity (Wildman–Crippen MR) is 73.6 cm³/mol. The number of halogens is 3. The molecule has 0 bridgehead atoms. The quantitative estimate of drug-likeness (QED) is 0.805. The van der Waals surface area contributed by atoms with Crippen molar-refractivity contribution in [1.29, 1.82) is 0 Å². The highest BCUT2D eigenvalue weighted by atomic mass is 19.1. The summed E-state index contributed by atoms with van der Waals surface area (Å²) in [5.41, 5.74) is -0.983. The van der Waals surface area contributed by atoms with Gasteiger partial charge in [-0.1, -0.05) is 17.3 Å². The highest BCUT2D eigenvalue weighted by Crippen LogP contribution is 2.26. The molecule has 3 aromatic rings. The lowest BCUT2D eigenvalue weighted by Crippen LogP contribution is -2.10. The van der Waals surface area contributed by atoms with E-state index in [9.17, 15) is 23.1 Å². The van der Waals surface area contributed by atoms with Gasteiger partial charge >= 0.3 is 5.97 Å². The third-order valence-corrected chi connectivity index (χ3v) is 3.09. The Bertz CT molecular complexity index is 888. The number of rotatable bonds is 3. The Labute approximate surface area is 127 Å². The van der Waals surface area contributed by atoms with Gasteiger partial charge in [-0.2, -0.15) is 0 Å². The lowest BCUT2D eigenvalue weighted by atomic mass is 10.1. The first-order chi connectivity index (χ1) is 11.0. The zero-order chi connectivity index (χ0) is 16.6. The van der Waals surface area contributed by atoms with Gasteiger partial charge in [-0.3, -0.25) is 0 Å². The van der Waals surface area contributed by atoms with Crippen molar-refractivity contribution in [2.45, 2.75) is 0 Å². The molecule has 2 aromatic carbocycles. The highest BCUT2D eigenvalue weighted by Gasteiger charge is 2.24. The minimum Gasteiger partial charge on any atom is -0.476 e. The minimum absolute atomic E-state index is 0.0759. The average molecular weight is 319 g/mol. The summed E-state index contributed by atoms with van der Waals surface area (Å²) in [6.45, 7) is 0. The number of aromatic nitrogens is 3. The molecule has 0 unspecified atom stereocenters. The fourth-order valence-electron chi connectivity index (χ4n) is 2.15. The maximum absolute atomic E-state index is 13.9. The topological polar surface area (TPSA) is 68.0 Å². The van der Waals surface area contributed by atoms with Gasteiger partial charge in [0.15, 0.2) is 5.69 Å². The molecule has 0 saturated heterocycles. The fourth-order valence-corrected chi connectivity index (χ4v) is 2.15. The zero-order valence-corrected chi connectivity index (χ0v) is 11.4. The van der Waals surface area contributed by atoms with Crippen LogP contribution in [0.1, 0.15) is 10.5 Å². The first-order valence-corrected chi connectivity index (χ1v) is 6.37. The number of carboxylic acids is 1. The van der Waals surface area contributed by atoms with E-state index in [0.717, 1.165) is 22.9 Å². The van der Waals surface area contributed by atoms with Crippen molar-refractivity contribution >= 4 is 5.97 Å². The van der Waals surface area contributed by atoms with Crippen LogP contribution in [0.2, 0.25) is 0 Å². The minimum atomic E-state index is -1.46. The Morgan fingerprint density at radius 3 is 2.30 bits per heavy atom. The molecule has 0 fully saturated rings. The smallest absolute Gasteiger partial charge is 0.357 e. The van der Waals surface area contributed by atoms with Crippen LogP contribution in [-0.2, 0) is 0 Å². The second-order valence-electron chi connectivity index (χ2n) is 4.61. The molecule has 23 heavy (non-hydrogen) atoms. The second kappa shape index (κ2) is 5.56. The molecule has 8 heteroatoms. The normalized spacial score (nSPS) is 10.7. The van der Waals surface area contributed by atoms with Crippen molar-refractivity contribution in [2.75, 3.05) is 0 Å². The molecule has 0 aliphatic rings. The summed E-state index contributed by atoms with van der Waals surface area (Å²) in [6, 6.07) is 7.85. The van der Waals surface area contributed by atoms with Crippen LogP contribution in [0.5, 0.6) is 0 Å². The molecule has 0 aliphatic carbocycles. The first kappa shape index (κ1) is 14.8. The van der Waals surface area contributed by atoms with Crippen LogP contribution in [0.4, 0.5) is 13.2 Å². The number of carbonyl (C=O) groups is 1.